The highest BCUT2D eigenvalue weighted by Gasteiger charge is 2.47. The number of aliphatic hydroxyl groups excluding tert-OH is 2. The van der Waals surface area contributed by atoms with Crippen LogP contribution in [-0.2, 0) is 43.0 Å². The molecule has 0 saturated carbocycles. The number of anilines is 1. The minimum Gasteiger partial charge on any atom is -0.481 e. The van der Waals surface area contributed by atoms with Crippen LogP contribution in [0, 0.1) is 10.1 Å². The summed E-state index contributed by atoms with van der Waals surface area (Å²) in [6.07, 6.45) is -8.86. The first-order chi connectivity index (χ1) is 26.5. The first-order valence-corrected chi connectivity index (χ1v) is 17.4. The van der Waals surface area contributed by atoms with Crippen molar-refractivity contribution in [2.45, 2.75) is 88.9 Å². The van der Waals surface area contributed by atoms with Crippen LogP contribution < -0.4 is 27.0 Å². The van der Waals surface area contributed by atoms with E-state index in [4.69, 9.17) is 25.1 Å². The number of aliphatic hydroxyl groups is 2. The minimum absolute atomic E-state index is 0.0321. The molecule has 3 aromatic rings. The van der Waals surface area contributed by atoms with Gasteiger partial charge in [0.1, 0.15) is 54.5 Å². The number of carboxylic acids is 1. The van der Waals surface area contributed by atoms with E-state index < -0.39 is 102 Å². The molecule has 1 aromatic heterocycles. The summed E-state index contributed by atoms with van der Waals surface area (Å²) in [5.74, 6) is -5.38. The van der Waals surface area contributed by atoms with Crippen LogP contribution in [0.5, 0.6) is 0 Å². The van der Waals surface area contributed by atoms with Gasteiger partial charge in [-0.15, -0.1) is 0 Å². The number of aliphatic carboxylic acids is 1. The van der Waals surface area contributed by atoms with E-state index in [9.17, 15) is 49.1 Å². The molecule has 56 heavy (non-hydrogen) atoms. The molecule has 2 heterocycles. The van der Waals surface area contributed by atoms with Gasteiger partial charge in [0.15, 0.2) is 6.29 Å². The number of nitrogens with two attached hydrogens (primary N) is 1. The third kappa shape index (κ3) is 10.8. The maximum absolute atomic E-state index is 13.0. The highest BCUT2D eigenvalue weighted by atomic mass is 16.6. The normalized spacial score (nSPS) is 20.9. The molecular formula is C35H43N7O14. The van der Waals surface area contributed by atoms with E-state index in [-0.39, 0.29) is 30.5 Å². The molecule has 302 valence electrons. The van der Waals surface area contributed by atoms with Crippen LogP contribution in [0.2, 0.25) is 0 Å². The van der Waals surface area contributed by atoms with Gasteiger partial charge < -0.3 is 56.5 Å². The van der Waals surface area contributed by atoms with Crippen molar-refractivity contribution >= 4 is 68.7 Å². The maximum atomic E-state index is 13.0. The fraction of sp³-hybridized carbons (Fsp3) is 0.457. The number of benzene rings is 2. The van der Waals surface area contributed by atoms with Crippen LogP contribution in [-0.4, -0.2) is 123 Å². The Bertz CT molecular complexity index is 1980. The Hall–Kier alpha value is -6.03. The predicted molar refractivity (Wildman–Crippen MR) is 194 cm³/mol. The molecule has 8 atom stereocenters. The highest BCUT2D eigenvalue weighted by Crippen LogP contribution is 2.36. The van der Waals surface area contributed by atoms with Gasteiger partial charge in [-0.3, -0.25) is 38.9 Å². The van der Waals surface area contributed by atoms with Crippen molar-refractivity contribution < 1.29 is 63.2 Å². The average molecular weight is 786 g/mol. The Morgan fingerprint density at radius 1 is 1.00 bits per heavy atom. The quantitative estimate of drug-likeness (QED) is 0.0343. The number of nitrogens with zero attached hydrogens (tertiary/aromatic N) is 2. The van der Waals surface area contributed by atoms with Crippen LogP contribution >= 0.6 is 0 Å². The number of primary amides is 1. The monoisotopic (exact) mass is 785 g/mol. The minimum atomic E-state index is -1.81. The van der Waals surface area contributed by atoms with Crippen LogP contribution in [0.15, 0.2) is 42.5 Å². The van der Waals surface area contributed by atoms with Crippen LogP contribution in [0.4, 0.5) is 11.4 Å². The summed E-state index contributed by atoms with van der Waals surface area (Å²) in [4.78, 5) is 88.8. The van der Waals surface area contributed by atoms with Crippen molar-refractivity contribution in [1.82, 2.24) is 20.9 Å². The number of aromatic nitrogens is 1. The molecule has 9 N–H and O–H groups in total. The fourth-order valence-electron chi connectivity index (χ4n) is 5.96. The van der Waals surface area contributed by atoms with Gasteiger partial charge in [0.2, 0.25) is 23.6 Å². The molecule has 2 aromatic carbocycles. The van der Waals surface area contributed by atoms with Gasteiger partial charge in [-0.2, -0.15) is 0 Å². The van der Waals surface area contributed by atoms with E-state index in [1.165, 1.54) is 26.0 Å². The number of carboxylic acid groups (broad SMARTS) is 1. The van der Waals surface area contributed by atoms with E-state index >= 15 is 0 Å². The molecule has 21 nitrogen and oxygen atoms in total. The lowest BCUT2D eigenvalue weighted by Gasteiger charge is -2.43. The number of nitro benzene ring substituents is 1. The topological polar surface area (TPSA) is 321 Å². The van der Waals surface area contributed by atoms with Crippen LogP contribution in [0.25, 0.3) is 21.8 Å². The zero-order valence-electron chi connectivity index (χ0n) is 30.5. The van der Waals surface area contributed by atoms with Gasteiger partial charge >= 0.3 is 11.9 Å². The molecule has 1 aliphatic heterocycles. The molecule has 0 spiro atoms. The molecule has 1 saturated heterocycles. The molecule has 21 heteroatoms. The molecule has 4 amide bonds. The van der Waals surface area contributed by atoms with E-state index in [2.05, 4.69) is 26.3 Å². The molecule has 1 aliphatic rings. The number of non-ortho nitro benzene ring substituents is 1. The largest absolute Gasteiger partial charge is 0.481 e. The second-order valence-corrected chi connectivity index (χ2v) is 12.9. The first-order valence-electron chi connectivity index (χ1n) is 17.4. The fourth-order valence-corrected chi connectivity index (χ4v) is 5.96. The highest BCUT2D eigenvalue weighted by molar-refractivity contribution is 6.11. The van der Waals surface area contributed by atoms with E-state index in [0.29, 0.717) is 22.1 Å². The summed E-state index contributed by atoms with van der Waals surface area (Å²) >= 11 is 0. The molecule has 1 unspecified atom stereocenters. The third-order valence-corrected chi connectivity index (χ3v) is 8.77. The smallest absolute Gasteiger partial charge is 0.307 e. The van der Waals surface area contributed by atoms with Crippen molar-refractivity contribution in [2.75, 3.05) is 18.5 Å². The predicted octanol–water partition coefficient (Wildman–Crippen LogP) is -0.662. The molecular weight excluding hydrogens is 742 g/mol. The Morgan fingerprint density at radius 3 is 2.36 bits per heavy atom. The van der Waals surface area contributed by atoms with Crippen LogP contribution in [0.3, 0.4) is 0 Å². The van der Waals surface area contributed by atoms with Gasteiger partial charge in [-0.25, -0.2) is 4.98 Å². The Labute approximate surface area is 318 Å². The number of nitrogens with one attached hydrogen (secondary N) is 4. The Morgan fingerprint density at radius 2 is 1.70 bits per heavy atom. The van der Waals surface area contributed by atoms with Crippen molar-refractivity contribution in [1.29, 1.82) is 0 Å². The van der Waals surface area contributed by atoms with E-state index in [0.717, 1.165) is 6.92 Å². The molecule has 4 rings (SSSR count). The van der Waals surface area contributed by atoms with Gasteiger partial charge in [0.05, 0.1) is 28.1 Å². The lowest BCUT2D eigenvalue weighted by molar-refractivity contribution is -0.383. The number of esters is 1. The number of fused-ring (bicyclic) bond motifs is 2. The number of hydrogen-bond acceptors (Lipinski definition) is 15. The van der Waals surface area contributed by atoms with Crippen molar-refractivity contribution in [2.24, 2.45) is 5.73 Å². The zero-order chi connectivity index (χ0) is 41.3. The Balaban J connectivity index is 1.38. The van der Waals surface area contributed by atoms with Crippen molar-refractivity contribution in [3.8, 4) is 0 Å². The lowest BCUT2D eigenvalue weighted by atomic mass is 9.96. The lowest BCUT2D eigenvalue weighted by Crippen LogP contribution is -2.66. The number of rotatable bonds is 18. The SMILES string of the molecule is CC(=O)N[C@@H]1[C@@H](OC(C)C(=O)N[C@@H](C)C(=O)N[C@H](CCC(=O)O)C(N)=O)[C@H](O)[C@@H](COC(=O)CCNc2c3ccccc3nc3cccc([N+](=O)[O-])c23)O[C@H]1O. The number of para-hydroxylation sites is 1. The summed E-state index contributed by atoms with van der Waals surface area (Å²) in [7, 11) is 0. The number of pyridine rings is 1. The van der Waals surface area contributed by atoms with E-state index in [1.54, 1.807) is 30.3 Å². The third-order valence-electron chi connectivity index (χ3n) is 8.77. The summed E-state index contributed by atoms with van der Waals surface area (Å²) in [6, 6.07) is 7.48. The maximum Gasteiger partial charge on any atom is 0.307 e. The summed E-state index contributed by atoms with van der Waals surface area (Å²) in [6.45, 7) is 3.02. The molecule has 0 radical (unpaired) electrons. The molecule has 0 aliphatic carbocycles. The van der Waals surface area contributed by atoms with Gasteiger partial charge in [-0.1, -0.05) is 24.3 Å². The van der Waals surface area contributed by atoms with Crippen molar-refractivity contribution in [3.63, 3.8) is 0 Å². The number of nitro groups is 1. The number of carbonyl (C=O) groups excluding carboxylic acids is 5. The average Bonchev–Trinajstić information content (AvgIpc) is 3.14. The molecule has 1 fully saturated rings. The molecule has 0 bridgehead atoms. The number of carbonyl (C=O) groups is 6. The van der Waals surface area contributed by atoms with Crippen molar-refractivity contribution in [3.05, 3.63) is 52.6 Å². The Kier molecular flexibility index (Phi) is 14.5. The number of amides is 4. The second kappa shape index (κ2) is 19.0. The summed E-state index contributed by atoms with van der Waals surface area (Å²) in [5, 5.41) is 53.6. The van der Waals surface area contributed by atoms with Gasteiger partial charge in [0, 0.05) is 31.3 Å². The summed E-state index contributed by atoms with van der Waals surface area (Å²) < 4.78 is 16.5. The van der Waals surface area contributed by atoms with Crippen LogP contribution in [0.1, 0.15) is 40.0 Å². The number of ether oxygens (including phenoxy) is 3. The van der Waals surface area contributed by atoms with Gasteiger partial charge in [-0.05, 0) is 32.4 Å². The number of hydrogen-bond donors (Lipinski definition) is 8. The zero-order valence-corrected chi connectivity index (χ0v) is 30.5. The van der Waals surface area contributed by atoms with Gasteiger partial charge in [0.25, 0.3) is 5.69 Å². The first kappa shape index (κ1) is 42.7. The standard InChI is InChI=1S/C35H43N7O14/c1-16(33(49)41-22(32(36)48)11-12-25(44)45)38-34(50)17(2)55-31-29(39-18(3)43)35(51)56-24(30(31)47)15-54-26(46)13-14-37-28-19-7-4-5-8-20(19)40-21-9-6-10-23(27(21)28)42(52)53/h4-10,16-17,22,24,29-31,35,47,51H,11-15H2,1-3H3,(H2,36,48)(H,37,40)(H,38,50)(H,39,43)(H,41,49)(H,44,45)/t16-,17?,22+,24+,29+,30+,31+,35+/m0/s1. The summed E-state index contributed by atoms with van der Waals surface area (Å²) in [5.41, 5.74) is 6.39. The second-order valence-electron chi connectivity index (χ2n) is 12.9. The van der Waals surface area contributed by atoms with E-state index in [1.807, 2.05) is 0 Å².